The minimum atomic E-state index is -0.650. The van der Waals surface area contributed by atoms with E-state index < -0.39 is 6.10 Å². The van der Waals surface area contributed by atoms with Crippen LogP contribution in [-0.2, 0) is 9.53 Å². The van der Waals surface area contributed by atoms with Gasteiger partial charge >= 0.3 is 5.97 Å². The minimum Gasteiger partial charge on any atom is -0.479 e. The van der Waals surface area contributed by atoms with Crippen molar-refractivity contribution in [3.05, 3.63) is 53.6 Å². The Morgan fingerprint density at radius 1 is 1.00 bits per heavy atom. The average Bonchev–Trinajstić information content (AvgIpc) is 2.51. The first kappa shape index (κ1) is 16.2. The van der Waals surface area contributed by atoms with Crippen LogP contribution in [0.4, 0.5) is 0 Å². The molecular formula is C17H17ClO4. The van der Waals surface area contributed by atoms with Crippen LogP contribution in [0.15, 0.2) is 48.5 Å². The quantitative estimate of drug-likeness (QED) is 0.737. The van der Waals surface area contributed by atoms with E-state index in [9.17, 15) is 4.79 Å². The molecule has 2 rings (SSSR count). The van der Waals surface area contributed by atoms with Gasteiger partial charge in [-0.05, 0) is 62.4 Å². The second-order valence-corrected chi connectivity index (χ2v) is 4.98. The van der Waals surface area contributed by atoms with Crippen LogP contribution in [-0.4, -0.2) is 18.7 Å². The lowest BCUT2D eigenvalue weighted by Gasteiger charge is -2.13. The standard InChI is InChI=1S/C17H17ClO4/c1-3-20-17(19)12(2)21-14-8-10-16(11-9-14)22-15-6-4-13(18)5-7-15/h4-12H,3H2,1-2H3/t12-/m1/s1. The molecule has 0 aliphatic heterocycles. The first-order valence-corrected chi connectivity index (χ1v) is 7.33. The Hall–Kier alpha value is -2.20. The third-order valence-electron chi connectivity index (χ3n) is 2.80. The molecule has 1 atom stereocenters. The molecule has 0 heterocycles. The molecule has 2 aromatic rings. The summed E-state index contributed by atoms with van der Waals surface area (Å²) in [7, 11) is 0. The van der Waals surface area contributed by atoms with Crippen molar-refractivity contribution in [3.63, 3.8) is 0 Å². The fraction of sp³-hybridized carbons (Fsp3) is 0.235. The Morgan fingerprint density at radius 2 is 1.50 bits per heavy atom. The highest BCUT2D eigenvalue weighted by atomic mass is 35.5. The van der Waals surface area contributed by atoms with Crippen molar-refractivity contribution < 1.29 is 19.0 Å². The fourth-order valence-corrected chi connectivity index (χ4v) is 1.86. The van der Waals surface area contributed by atoms with Crippen molar-refractivity contribution >= 4 is 17.6 Å². The zero-order chi connectivity index (χ0) is 15.9. The third-order valence-corrected chi connectivity index (χ3v) is 3.06. The van der Waals surface area contributed by atoms with Gasteiger partial charge in [0.15, 0.2) is 6.10 Å². The van der Waals surface area contributed by atoms with Gasteiger partial charge in [-0.1, -0.05) is 11.6 Å². The molecule has 0 N–H and O–H groups in total. The summed E-state index contributed by atoms with van der Waals surface area (Å²) < 4.78 is 16.1. The van der Waals surface area contributed by atoms with Crippen LogP contribution in [0, 0.1) is 0 Å². The van der Waals surface area contributed by atoms with Crippen LogP contribution in [0.5, 0.6) is 17.2 Å². The first-order chi connectivity index (χ1) is 10.6. The summed E-state index contributed by atoms with van der Waals surface area (Å²) in [5.74, 6) is 1.55. The number of halogens is 1. The van der Waals surface area contributed by atoms with Crippen molar-refractivity contribution in [2.45, 2.75) is 20.0 Å². The minimum absolute atomic E-state index is 0.334. The smallest absolute Gasteiger partial charge is 0.347 e. The van der Waals surface area contributed by atoms with Gasteiger partial charge in [-0.15, -0.1) is 0 Å². The zero-order valence-electron chi connectivity index (χ0n) is 12.4. The Balaban J connectivity index is 1.95. The van der Waals surface area contributed by atoms with Crippen LogP contribution in [0.2, 0.25) is 5.02 Å². The van der Waals surface area contributed by atoms with E-state index in [-0.39, 0.29) is 5.97 Å². The number of hydrogen-bond acceptors (Lipinski definition) is 4. The SMILES string of the molecule is CCOC(=O)[C@@H](C)Oc1ccc(Oc2ccc(Cl)cc2)cc1. The molecule has 0 amide bonds. The van der Waals surface area contributed by atoms with Crippen molar-refractivity contribution in [2.75, 3.05) is 6.61 Å². The van der Waals surface area contributed by atoms with E-state index in [1.165, 1.54) is 0 Å². The highest BCUT2D eigenvalue weighted by molar-refractivity contribution is 6.30. The molecule has 116 valence electrons. The third kappa shape index (κ3) is 4.67. The number of ether oxygens (including phenoxy) is 3. The van der Waals surface area contributed by atoms with E-state index in [1.807, 2.05) is 0 Å². The highest BCUT2D eigenvalue weighted by Gasteiger charge is 2.15. The lowest BCUT2D eigenvalue weighted by molar-refractivity contribution is -0.150. The molecule has 2 aromatic carbocycles. The summed E-state index contributed by atoms with van der Waals surface area (Å²) in [4.78, 5) is 11.5. The Morgan fingerprint density at radius 3 is 2.05 bits per heavy atom. The van der Waals surface area contributed by atoms with E-state index >= 15 is 0 Å². The normalized spacial score (nSPS) is 11.6. The van der Waals surface area contributed by atoms with Gasteiger partial charge in [0, 0.05) is 5.02 Å². The van der Waals surface area contributed by atoms with Crippen LogP contribution >= 0.6 is 11.6 Å². The van der Waals surface area contributed by atoms with Gasteiger partial charge in [-0.2, -0.15) is 0 Å². The molecule has 0 saturated carbocycles. The van der Waals surface area contributed by atoms with Gasteiger partial charge in [0.05, 0.1) is 6.61 Å². The molecule has 0 radical (unpaired) electrons. The molecule has 22 heavy (non-hydrogen) atoms. The van der Waals surface area contributed by atoms with Crippen LogP contribution in [0.1, 0.15) is 13.8 Å². The lowest BCUT2D eigenvalue weighted by Crippen LogP contribution is -2.25. The topological polar surface area (TPSA) is 44.8 Å². The molecule has 5 heteroatoms. The number of rotatable bonds is 6. The van der Waals surface area contributed by atoms with E-state index in [2.05, 4.69) is 0 Å². The Kier molecular flexibility index (Phi) is 5.67. The molecule has 0 spiro atoms. The monoisotopic (exact) mass is 320 g/mol. The summed E-state index contributed by atoms with van der Waals surface area (Å²) >= 11 is 5.82. The van der Waals surface area contributed by atoms with E-state index in [0.29, 0.717) is 28.9 Å². The average molecular weight is 321 g/mol. The van der Waals surface area contributed by atoms with Gasteiger partial charge in [-0.3, -0.25) is 0 Å². The van der Waals surface area contributed by atoms with Gasteiger partial charge in [-0.25, -0.2) is 4.79 Å². The Bertz CT molecular complexity index is 608. The molecule has 0 bridgehead atoms. The summed E-state index contributed by atoms with van der Waals surface area (Å²) in [6.45, 7) is 3.74. The second-order valence-electron chi connectivity index (χ2n) is 4.54. The predicted octanol–water partition coefficient (Wildman–Crippen LogP) is 4.46. The van der Waals surface area contributed by atoms with E-state index in [4.69, 9.17) is 25.8 Å². The number of benzene rings is 2. The molecule has 0 fully saturated rings. The molecule has 0 saturated heterocycles. The van der Waals surface area contributed by atoms with Gasteiger partial charge in [0.25, 0.3) is 0 Å². The van der Waals surface area contributed by atoms with Crippen LogP contribution < -0.4 is 9.47 Å². The van der Waals surface area contributed by atoms with Crippen molar-refractivity contribution in [3.8, 4) is 17.2 Å². The largest absolute Gasteiger partial charge is 0.479 e. The van der Waals surface area contributed by atoms with Crippen LogP contribution in [0.25, 0.3) is 0 Å². The number of carbonyl (C=O) groups is 1. The van der Waals surface area contributed by atoms with Crippen molar-refractivity contribution in [2.24, 2.45) is 0 Å². The number of carbonyl (C=O) groups excluding carboxylic acids is 1. The van der Waals surface area contributed by atoms with Gasteiger partial charge in [0.1, 0.15) is 17.2 Å². The van der Waals surface area contributed by atoms with Crippen LogP contribution in [0.3, 0.4) is 0 Å². The van der Waals surface area contributed by atoms with E-state index in [1.54, 1.807) is 62.4 Å². The lowest BCUT2D eigenvalue weighted by atomic mass is 10.3. The molecule has 0 aliphatic rings. The Labute approximate surface area is 134 Å². The fourth-order valence-electron chi connectivity index (χ4n) is 1.74. The van der Waals surface area contributed by atoms with E-state index in [0.717, 1.165) is 0 Å². The zero-order valence-corrected chi connectivity index (χ0v) is 13.2. The second kappa shape index (κ2) is 7.71. The summed E-state index contributed by atoms with van der Waals surface area (Å²) in [6, 6.07) is 14.1. The maximum atomic E-state index is 11.5. The molecule has 0 aromatic heterocycles. The molecular weight excluding hydrogens is 304 g/mol. The maximum absolute atomic E-state index is 11.5. The first-order valence-electron chi connectivity index (χ1n) is 6.95. The number of hydrogen-bond donors (Lipinski definition) is 0. The molecule has 0 unspecified atom stereocenters. The van der Waals surface area contributed by atoms with Gasteiger partial charge < -0.3 is 14.2 Å². The number of esters is 1. The molecule has 0 aliphatic carbocycles. The molecule has 4 nitrogen and oxygen atoms in total. The summed E-state index contributed by atoms with van der Waals surface area (Å²) in [5.41, 5.74) is 0. The van der Waals surface area contributed by atoms with Crippen molar-refractivity contribution in [1.82, 2.24) is 0 Å². The van der Waals surface area contributed by atoms with Gasteiger partial charge in [0.2, 0.25) is 0 Å². The summed E-state index contributed by atoms with van der Waals surface area (Å²) in [5, 5.41) is 0.657. The predicted molar refractivity (Wildman–Crippen MR) is 84.7 cm³/mol. The highest BCUT2D eigenvalue weighted by Crippen LogP contribution is 2.25. The maximum Gasteiger partial charge on any atom is 0.347 e. The summed E-state index contributed by atoms with van der Waals surface area (Å²) in [6.07, 6.45) is -0.650. The van der Waals surface area contributed by atoms with Crippen molar-refractivity contribution in [1.29, 1.82) is 0 Å².